The zero-order chi connectivity index (χ0) is 15.6. The van der Waals surface area contributed by atoms with E-state index >= 15 is 0 Å². The van der Waals surface area contributed by atoms with Gasteiger partial charge in [-0.25, -0.2) is 13.1 Å². The van der Waals surface area contributed by atoms with Crippen LogP contribution in [0, 0.1) is 17.0 Å². The highest BCUT2D eigenvalue weighted by molar-refractivity contribution is 7.92. The third kappa shape index (κ3) is 3.08. The van der Waals surface area contributed by atoms with E-state index in [0.29, 0.717) is 5.69 Å². The van der Waals surface area contributed by atoms with Gasteiger partial charge in [0, 0.05) is 25.7 Å². The quantitative estimate of drug-likeness (QED) is 0.618. The van der Waals surface area contributed by atoms with Crippen molar-refractivity contribution in [1.82, 2.24) is 10.2 Å². The van der Waals surface area contributed by atoms with E-state index in [4.69, 9.17) is 4.42 Å². The molecule has 2 N–H and O–H groups in total. The summed E-state index contributed by atoms with van der Waals surface area (Å²) >= 11 is 0. The average molecular weight is 313 g/mol. The predicted octanol–water partition coefficient (Wildman–Crippen LogP) is 1.13. The van der Waals surface area contributed by atoms with Gasteiger partial charge in [-0.1, -0.05) is 5.10 Å². The molecule has 0 fully saturated rings. The number of hydrogen-bond donors (Lipinski definition) is 2. The molecular formula is C10H11N5O5S. The lowest BCUT2D eigenvalue weighted by molar-refractivity contribution is -0.387. The summed E-state index contributed by atoms with van der Waals surface area (Å²) in [5.74, 6) is 0.158. The monoisotopic (exact) mass is 313 g/mol. The number of sulfonamides is 1. The minimum atomic E-state index is -4.24. The highest BCUT2D eigenvalue weighted by Gasteiger charge is 2.27. The van der Waals surface area contributed by atoms with Crippen LogP contribution in [0.15, 0.2) is 27.5 Å². The molecule has 21 heavy (non-hydrogen) atoms. The highest BCUT2D eigenvalue weighted by Crippen LogP contribution is 2.28. The molecule has 0 saturated carbocycles. The molecule has 2 aromatic rings. The number of benzene rings is 1. The lowest BCUT2D eigenvalue weighted by Crippen LogP contribution is -2.15. The summed E-state index contributed by atoms with van der Waals surface area (Å²) in [6.45, 7) is 1.48. The van der Waals surface area contributed by atoms with Crippen molar-refractivity contribution >= 4 is 27.4 Å². The summed E-state index contributed by atoms with van der Waals surface area (Å²) in [6, 6.07) is 3.27. The zero-order valence-corrected chi connectivity index (χ0v) is 11.8. The van der Waals surface area contributed by atoms with E-state index in [1.807, 2.05) is 4.72 Å². The molecule has 0 saturated heterocycles. The van der Waals surface area contributed by atoms with Gasteiger partial charge in [-0.3, -0.25) is 10.1 Å². The Kier molecular flexibility index (Phi) is 3.76. The minimum absolute atomic E-state index is 0.158. The molecule has 1 aromatic heterocycles. The fourth-order valence-corrected chi connectivity index (χ4v) is 2.67. The van der Waals surface area contributed by atoms with Crippen molar-refractivity contribution in [3.8, 4) is 0 Å². The fraction of sp³-hybridized carbons (Fsp3) is 0.200. The summed E-state index contributed by atoms with van der Waals surface area (Å²) in [5.41, 5.74) is -0.152. The fourth-order valence-electron chi connectivity index (χ4n) is 1.54. The molecule has 0 amide bonds. The smallest absolute Gasteiger partial charge is 0.329 e. The summed E-state index contributed by atoms with van der Waals surface area (Å²) in [6.07, 6.45) is 0. The van der Waals surface area contributed by atoms with Crippen LogP contribution in [-0.4, -0.2) is 30.6 Å². The first-order valence-electron chi connectivity index (χ1n) is 5.62. The second kappa shape index (κ2) is 5.36. The molecule has 11 heteroatoms. The Hall–Kier alpha value is -2.69. The molecule has 112 valence electrons. The SMILES string of the molecule is CNc1ccc([N+](=O)[O-])c(S(=O)(=O)Nc2nnc(C)o2)c1. The number of aryl methyl sites for hydroxylation is 1. The molecule has 1 heterocycles. The number of aromatic nitrogens is 2. The van der Waals surface area contributed by atoms with Crippen LogP contribution < -0.4 is 10.0 Å². The van der Waals surface area contributed by atoms with Crippen molar-refractivity contribution in [2.75, 3.05) is 17.1 Å². The van der Waals surface area contributed by atoms with Crippen molar-refractivity contribution in [1.29, 1.82) is 0 Å². The first-order valence-corrected chi connectivity index (χ1v) is 7.11. The maximum atomic E-state index is 12.2. The van der Waals surface area contributed by atoms with E-state index in [1.54, 1.807) is 7.05 Å². The van der Waals surface area contributed by atoms with Crippen LogP contribution >= 0.6 is 0 Å². The Bertz CT molecular complexity index is 785. The summed E-state index contributed by atoms with van der Waals surface area (Å²) in [5, 5.41) is 20.6. The third-order valence-electron chi connectivity index (χ3n) is 2.48. The van der Waals surface area contributed by atoms with Gasteiger partial charge in [-0.05, 0) is 12.1 Å². The van der Waals surface area contributed by atoms with Crippen LogP contribution in [0.1, 0.15) is 5.89 Å². The molecule has 2 rings (SSSR count). The zero-order valence-electron chi connectivity index (χ0n) is 11.0. The van der Waals surface area contributed by atoms with Crippen LogP contribution in [0.4, 0.5) is 17.4 Å². The first kappa shape index (κ1) is 14.7. The molecule has 0 aliphatic heterocycles. The number of nitrogens with zero attached hydrogens (tertiary/aromatic N) is 3. The second-order valence-corrected chi connectivity index (χ2v) is 5.57. The molecule has 0 atom stereocenters. The number of hydrogen-bond acceptors (Lipinski definition) is 8. The van der Waals surface area contributed by atoms with Crippen molar-refractivity contribution in [3.63, 3.8) is 0 Å². The number of rotatable bonds is 5. The van der Waals surface area contributed by atoms with Crippen LogP contribution in [0.5, 0.6) is 0 Å². The van der Waals surface area contributed by atoms with Gasteiger partial charge in [-0.15, -0.1) is 5.10 Å². The molecule has 0 unspecified atom stereocenters. The van der Waals surface area contributed by atoms with E-state index in [2.05, 4.69) is 15.5 Å². The Morgan fingerprint density at radius 2 is 2.05 bits per heavy atom. The topological polar surface area (TPSA) is 140 Å². The normalized spacial score (nSPS) is 11.1. The maximum absolute atomic E-state index is 12.2. The number of nitro groups is 1. The largest absolute Gasteiger partial charge is 0.408 e. The number of nitro benzene ring substituents is 1. The minimum Gasteiger partial charge on any atom is -0.408 e. The molecular weight excluding hydrogens is 302 g/mol. The molecule has 0 aliphatic carbocycles. The van der Waals surface area contributed by atoms with E-state index in [-0.39, 0.29) is 11.9 Å². The summed E-state index contributed by atoms with van der Waals surface area (Å²) in [4.78, 5) is 9.68. The molecule has 0 spiro atoms. The van der Waals surface area contributed by atoms with E-state index in [0.717, 1.165) is 12.1 Å². The van der Waals surface area contributed by atoms with Gasteiger partial charge in [0.1, 0.15) is 0 Å². The van der Waals surface area contributed by atoms with Gasteiger partial charge in [-0.2, -0.15) is 0 Å². The Morgan fingerprint density at radius 1 is 1.33 bits per heavy atom. The lowest BCUT2D eigenvalue weighted by Gasteiger charge is -2.07. The summed E-state index contributed by atoms with van der Waals surface area (Å²) < 4.78 is 31.4. The third-order valence-corrected chi connectivity index (χ3v) is 3.83. The van der Waals surface area contributed by atoms with Gasteiger partial charge >= 0.3 is 6.01 Å². The van der Waals surface area contributed by atoms with E-state index in [9.17, 15) is 18.5 Å². The maximum Gasteiger partial charge on any atom is 0.329 e. The van der Waals surface area contributed by atoms with Crippen molar-refractivity contribution in [3.05, 3.63) is 34.2 Å². The summed E-state index contributed by atoms with van der Waals surface area (Å²) in [7, 11) is -2.67. The Morgan fingerprint density at radius 3 is 2.57 bits per heavy atom. The average Bonchev–Trinajstić information content (AvgIpc) is 2.82. The predicted molar refractivity (Wildman–Crippen MR) is 72.5 cm³/mol. The van der Waals surface area contributed by atoms with Crippen molar-refractivity contribution < 1.29 is 17.8 Å². The van der Waals surface area contributed by atoms with Gasteiger partial charge in [0.2, 0.25) is 5.89 Å². The van der Waals surface area contributed by atoms with Crippen LogP contribution in [0.25, 0.3) is 0 Å². The standard InChI is InChI=1S/C10H11N5O5S/c1-6-12-13-10(20-6)14-21(18,19)9-5-7(11-2)3-4-8(9)15(16)17/h3-5,11H,1-2H3,(H,13,14). The molecule has 1 aromatic carbocycles. The van der Waals surface area contributed by atoms with Crippen LogP contribution in [0.3, 0.4) is 0 Å². The number of nitrogens with one attached hydrogen (secondary N) is 2. The molecule has 0 radical (unpaired) electrons. The molecule has 10 nitrogen and oxygen atoms in total. The van der Waals surface area contributed by atoms with E-state index < -0.39 is 25.5 Å². The second-order valence-electron chi connectivity index (χ2n) is 3.92. The highest BCUT2D eigenvalue weighted by atomic mass is 32.2. The van der Waals surface area contributed by atoms with Crippen molar-refractivity contribution in [2.24, 2.45) is 0 Å². The van der Waals surface area contributed by atoms with Crippen LogP contribution in [-0.2, 0) is 10.0 Å². The number of anilines is 2. The Balaban J connectivity index is 2.49. The van der Waals surface area contributed by atoms with E-state index in [1.165, 1.54) is 13.0 Å². The molecule has 0 aliphatic rings. The lowest BCUT2D eigenvalue weighted by atomic mass is 10.3. The van der Waals surface area contributed by atoms with Gasteiger partial charge in [0.15, 0.2) is 4.90 Å². The van der Waals surface area contributed by atoms with Gasteiger partial charge < -0.3 is 9.73 Å². The Labute approximate surface area is 119 Å². The van der Waals surface area contributed by atoms with Crippen molar-refractivity contribution in [2.45, 2.75) is 11.8 Å². The van der Waals surface area contributed by atoms with Gasteiger partial charge in [0.05, 0.1) is 4.92 Å². The molecule has 0 bridgehead atoms. The van der Waals surface area contributed by atoms with Crippen LogP contribution in [0.2, 0.25) is 0 Å². The first-order chi connectivity index (χ1) is 9.83. The van der Waals surface area contributed by atoms with Gasteiger partial charge in [0.25, 0.3) is 15.7 Å².